The molecule has 48 heavy (non-hydrogen) atoms. The summed E-state index contributed by atoms with van der Waals surface area (Å²) >= 11 is -1.61. The Balaban J connectivity index is 0.000000146. The van der Waals surface area contributed by atoms with Crippen molar-refractivity contribution < 1.29 is 13.5 Å². The minimum absolute atomic E-state index is 1.12. The van der Waals surface area contributed by atoms with Crippen LogP contribution in [0.2, 0.25) is 0 Å². The van der Waals surface area contributed by atoms with Crippen molar-refractivity contribution in [1.29, 1.82) is 0 Å². The van der Waals surface area contributed by atoms with Crippen LogP contribution in [0.5, 0.6) is 0 Å². The number of rotatable bonds is 4. The molecular formula is C42H42Cl2N3Ru-. The van der Waals surface area contributed by atoms with E-state index in [1.165, 1.54) is 64.0 Å². The molecule has 0 aliphatic carbocycles. The maximum Gasteiger partial charge on any atom is 0.0273 e. The summed E-state index contributed by atoms with van der Waals surface area (Å²) < 4.78 is 1.92. The Morgan fingerprint density at radius 2 is 1.02 bits per heavy atom. The van der Waals surface area contributed by atoms with Crippen molar-refractivity contribution in [3.05, 3.63) is 181 Å². The van der Waals surface area contributed by atoms with Gasteiger partial charge in [-0.25, -0.2) is 6.54 Å². The summed E-state index contributed by atoms with van der Waals surface area (Å²) in [5.74, 6) is 0. The second kappa shape index (κ2) is 20.4. The first-order valence-electron chi connectivity index (χ1n) is 15.9. The molecule has 1 fully saturated rings. The van der Waals surface area contributed by atoms with Gasteiger partial charge < -0.3 is 4.90 Å². The van der Waals surface area contributed by atoms with Crippen LogP contribution in [0.25, 0.3) is 22.3 Å². The fraction of sp³-hybridized carbons (Fsp3) is 0.143. The SMILES string of the molecule is Cc1cc(C)c(N2[CH-]CCC2)c(C)c1.[Cl][Ru]([Cl])=[CH]c1ccccc1.c1ccc(-c2ccncc2)cc1.c1ccc(-c2ccncc2)cc1. The number of hydrogen-bond donors (Lipinski definition) is 0. The van der Waals surface area contributed by atoms with Crippen molar-refractivity contribution in [2.45, 2.75) is 33.6 Å². The summed E-state index contributed by atoms with van der Waals surface area (Å²) in [6, 6.07) is 43.0. The van der Waals surface area contributed by atoms with Crippen LogP contribution in [0.3, 0.4) is 0 Å². The van der Waals surface area contributed by atoms with Gasteiger partial charge in [-0.2, -0.15) is 6.42 Å². The van der Waals surface area contributed by atoms with Gasteiger partial charge in [0.15, 0.2) is 0 Å². The van der Waals surface area contributed by atoms with E-state index in [2.05, 4.69) is 78.6 Å². The average Bonchev–Trinajstić information content (AvgIpc) is 3.65. The molecule has 0 unspecified atom stereocenters. The summed E-state index contributed by atoms with van der Waals surface area (Å²) in [6.45, 7) is 10.1. The Morgan fingerprint density at radius 3 is 1.42 bits per heavy atom. The van der Waals surface area contributed by atoms with Crippen LogP contribution in [0.1, 0.15) is 35.1 Å². The van der Waals surface area contributed by atoms with Crippen LogP contribution in [-0.4, -0.2) is 21.1 Å². The molecule has 0 atom stereocenters. The van der Waals surface area contributed by atoms with E-state index in [0.29, 0.717) is 0 Å². The van der Waals surface area contributed by atoms with Crippen LogP contribution in [-0.2, 0) is 13.5 Å². The number of benzene rings is 4. The number of aromatic nitrogens is 2. The number of nitrogens with zero attached hydrogens (tertiary/aromatic N) is 3. The Labute approximate surface area is 299 Å². The maximum absolute atomic E-state index is 5.67. The van der Waals surface area contributed by atoms with Gasteiger partial charge in [0.05, 0.1) is 0 Å². The minimum atomic E-state index is -1.61. The summed E-state index contributed by atoms with van der Waals surface area (Å²) in [4.78, 5) is 10.3. The van der Waals surface area contributed by atoms with E-state index < -0.39 is 13.5 Å². The predicted molar refractivity (Wildman–Crippen MR) is 204 cm³/mol. The van der Waals surface area contributed by atoms with Crippen molar-refractivity contribution in [3.8, 4) is 22.3 Å². The molecule has 3 heterocycles. The molecule has 0 N–H and O–H groups in total. The standard InChI is InChI=1S/C13H18N.2C11H9N.C7H6.2ClH.Ru/c1-10-8-11(2)13(12(3)9-10)14-6-4-5-7-14;2*1-2-4-10(5-3-1)11-6-8-12-9-7-11;1-7-5-3-2-4-6-7;;;/h6,8-9H,4-5,7H2,1-3H3;2*1-9H;1-6H;2*1H;/q-1;;;;;;+2/p-2. The van der Waals surface area contributed by atoms with Gasteiger partial charge in [0, 0.05) is 30.5 Å². The summed E-state index contributed by atoms with van der Waals surface area (Å²) in [5, 5.41) is 0. The molecule has 3 nitrogen and oxygen atoms in total. The van der Waals surface area contributed by atoms with Crippen molar-refractivity contribution in [1.82, 2.24) is 9.97 Å². The molecule has 1 aliphatic heterocycles. The third kappa shape index (κ3) is 12.6. The normalized spacial score (nSPS) is 11.9. The van der Waals surface area contributed by atoms with Crippen LogP contribution in [0.15, 0.2) is 152 Å². The van der Waals surface area contributed by atoms with E-state index in [1.807, 2.05) is 120 Å². The number of halogens is 2. The Bertz CT molecular complexity index is 1620. The van der Waals surface area contributed by atoms with Crippen LogP contribution >= 0.6 is 19.4 Å². The van der Waals surface area contributed by atoms with Gasteiger partial charge in [0.2, 0.25) is 0 Å². The molecule has 6 heteroatoms. The third-order valence-electron chi connectivity index (χ3n) is 7.44. The van der Waals surface area contributed by atoms with Gasteiger partial charge in [-0.05, 0) is 85.0 Å². The molecule has 0 bridgehead atoms. The number of anilines is 1. The molecule has 0 saturated carbocycles. The van der Waals surface area contributed by atoms with Gasteiger partial charge in [-0.1, -0.05) is 84.8 Å². The Kier molecular flexibility index (Phi) is 15.7. The Morgan fingerprint density at radius 1 is 0.604 bits per heavy atom. The Hall–Kier alpha value is -3.95. The minimum Gasteiger partial charge on any atom is -0.265 e. The second-order valence-electron chi connectivity index (χ2n) is 11.2. The zero-order valence-electron chi connectivity index (χ0n) is 27.7. The number of aryl methyl sites for hydroxylation is 3. The van der Waals surface area contributed by atoms with Gasteiger partial charge in [-0.3, -0.25) is 9.97 Å². The number of hydrogen-bond acceptors (Lipinski definition) is 3. The number of pyridine rings is 2. The van der Waals surface area contributed by atoms with Gasteiger partial charge in [0.25, 0.3) is 0 Å². The summed E-state index contributed by atoms with van der Waals surface area (Å²) in [5.41, 5.74) is 11.6. The van der Waals surface area contributed by atoms with E-state index in [1.54, 1.807) is 0 Å². The predicted octanol–water partition coefficient (Wildman–Crippen LogP) is 11.6. The quantitative estimate of drug-likeness (QED) is 0.132. The fourth-order valence-electron chi connectivity index (χ4n) is 5.39. The fourth-order valence-corrected chi connectivity index (χ4v) is 7.22. The molecule has 4 aromatic carbocycles. The zero-order valence-corrected chi connectivity index (χ0v) is 30.9. The summed E-state index contributed by atoms with van der Waals surface area (Å²) in [6.07, 6.45) is 9.76. The first kappa shape index (κ1) is 36.9. The molecule has 7 rings (SSSR count). The molecule has 0 radical (unpaired) electrons. The molecule has 6 aromatic rings. The molecule has 248 valence electrons. The van der Waals surface area contributed by atoms with Crippen molar-refractivity contribution >= 4 is 29.7 Å². The third-order valence-corrected chi connectivity index (χ3v) is 9.32. The second-order valence-corrected chi connectivity index (χ2v) is 16.9. The van der Waals surface area contributed by atoms with E-state index in [4.69, 9.17) is 19.4 Å². The maximum atomic E-state index is 5.67. The van der Waals surface area contributed by atoms with E-state index in [9.17, 15) is 0 Å². The largest absolute Gasteiger partial charge is 0.265 e. The zero-order chi connectivity index (χ0) is 34.0. The van der Waals surface area contributed by atoms with Crippen LogP contribution in [0.4, 0.5) is 5.69 Å². The first-order valence-corrected chi connectivity index (χ1v) is 21.4. The van der Waals surface area contributed by atoms with Crippen molar-refractivity contribution in [2.24, 2.45) is 0 Å². The van der Waals surface area contributed by atoms with E-state index in [-0.39, 0.29) is 0 Å². The van der Waals surface area contributed by atoms with Crippen molar-refractivity contribution in [3.63, 3.8) is 0 Å². The average molecular weight is 761 g/mol. The van der Waals surface area contributed by atoms with Gasteiger partial charge >= 0.3 is 73.4 Å². The molecular weight excluding hydrogens is 718 g/mol. The van der Waals surface area contributed by atoms with Crippen LogP contribution < -0.4 is 4.90 Å². The van der Waals surface area contributed by atoms with Crippen LogP contribution in [0, 0.1) is 27.3 Å². The smallest absolute Gasteiger partial charge is 0.0273 e. The molecule has 2 aromatic heterocycles. The van der Waals surface area contributed by atoms with Crippen molar-refractivity contribution in [2.75, 3.05) is 11.4 Å². The topological polar surface area (TPSA) is 29.0 Å². The molecule has 0 spiro atoms. The molecule has 1 aliphatic rings. The van der Waals surface area contributed by atoms with E-state index >= 15 is 0 Å². The first-order chi connectivity index (χ1) is 23.4. The van der Waals surface area contributed by atoms with E-state index in [0.717, 1.165) is 5.56 Å². The van der Waals surface area contributed by atoms with Gasteiger partial charge in [0.1, 0.15) is 0 Å². The van der Waals surface area contributed by atoms with Gasteiger partial charge in [-0.15, -0.1) is 0 Å². The molecule has 1 saturated heterocycles. The monoisotopic (exact) mass is 760 g/mol. The molecule has 0 amide bonds. The summed E-state index contributed by atoms with van der Waals surface area (Å²) in [7, 11) is 11.3.